The first-order chi connectivity index (χ1) is 18.1. The quantitative estimate of drug-likeness (QED) is 0.213. The van der Waals surface area contributed by atoms with Crippen molar-refractivity contribution < 1.29 is 16.8 Å². The van der Waals surface area contributed by atoms with Gasteiger partial charge in [0, 0.05) is 35.0 Å². The molecule has 0 saturated heterocycles. The molecule has 4 rings (SSSR count). The lowest BCUT2D eigenvalue weighted by molar-refractivity contribution is 0.600. The van der Waals surface area contributed by atoms with Crippen molar-refractivity contribution in [2.75, 3.05) is 23.1 Å². The van der Waals surface area contributed by atoms with Gasteiger partial charge in [0.25, 0.3) is 0 Å². The third-order valence-corrected chi connectivity index (χ3v) is 7.80. The average molecular weight is 547 g/mol. The predicted octanol–water partition coefficient (Wildman–Crippen LogP) is 5.43. The maximum atomic E-state index is 12.2. The van der Waals surface area contributed by atoms with Gasteiger partial charge in [0.2, 0.25) is 0 Å². The molecule has 0 fully saturated rings. The van der Waals surface area contributed by atoms with Crippen molar-refractivity contribution >= 4 is 54.9 Å². The fourth-order valence-electron chi connectivity index (χ4n) is 3.71. The van der Waals surface area contributed by atoms with Crippen molar-refractivity contribution in [1.82, 2.24) is 0 Å². The van der Waals surface area contributed by atoms with Crippen LogP contribution in [0.15, 0.2) is 117 Å². The van der Waals surface area contributed by atoms with Crippen molar-refractivity contribution in [1.29, 1.82) is 0 Å². The van der Waals surface area contributed by atoms with Gasteiger partial charge in [-0.3, -0.25) is 0 Å². The van der Waals surface area contributed by atoms with E-state index in [0.717, 1.165) is 0 Å². The minimum Gasteiger partial charge on any atom is -0.354 e. The molecule has 0 aliphatic rings. The molecule has 8 nitrogen and oxygen atoms in total. The summed E-state index contributed by atoms with van der Waals surface area (Å²) in [5, 5.41) is 14.7. The largest absolute Gasteiger partial charge is 0.354 e. The molecule has 38 heavy (non-hydrogen) atoms. The third kappa shape index (κ3) is 6.72. The zero-order chi connectivity index (χ0) is 27.2. The smallest absolute Gasteiger partial charge is 0.177 e. The van der Waals surface area contributed by atoms with Crippen molar-refractivity contribution in [3.63, 3.8) is 0 Å². The Morgan fingerprint density at radius 3 is 1.18 bits per heavy atom. The molecule has 0 heterocycles. The van der Waals surface area contributed by atoms with Crippen molar-refractivity contribution in [2.45, 2.75) is 9.79 Å². The first-order valence-corrected chi connectivity index (χ1v) is 15.3. The van der Waals surface area contributed by atoms with E-state index in [-0.39, 0.29) is 9.79 Å². The lowest BCUT2D eigenvalue weighted by Crippen LogP contribution is -2.04. The summed E-state index contributed by atoms with van der Waals surface area (Å²) in [6, 6.07) is 28.1. The van der Waals surface area contributed by atoms with Gasteiger partial charge in [0.1, 0.15) is 0 Å². The monoisotopic (exact) mass is 546 g/mol. The van der Waals surface area contributed by atoms with Gasteiger partial charge in [-0.05, 0) is 36.4 Å². The average Bonchev–Trinajstić information content (AvgIpc) is 2.88. The molecule has 0 bridgehead atoms. The van der Waals surface area contributed by atoms with Crippen LogP contribution < -0.4 is 10.6 Å². The number of para-hydroxylation sites is 4. The number of anilines is 4. The van der Waals surface area contributed by atoms with Crippen molar-refractivity contribution in [2.24, 2.45) is 10.2 Å². The van der Waals surface area contributed by atoms with Gasteiger partial charge >= 0.3 is 0 Å². The molecule has 0 atom stereocenters. The topological polar surface area (TPSA) is 117 Å². The standard InChI is InChI=1S/C28H26N4O4S2/c1-37(33,34)27-17-9-7-15-25(27)31-23-13-5-3-11-21(23)19-29-30-20-22-12-4-6-14-24(22)32-26-16-8-10-18-28(26)38(2,35)36/h3-20,31-32H,1-2H3. The minimum absolute atomic E-state index is 0.200. The van der Waals surface area contributed by atoms with E-state index in [1.54, 1.807) is 61.0 Å². The van der Waals surface area contributed by atoms with E-state index < -0.39 is 19.7 Å². The van der Waals surface area contributed by atoms with E-state index in [2.05, 4.69) is 20.8 Å². The predicted molar refractivity (Wildman–Crippen MR) is 154 cm³/mol. The van der Waals surface area contributed by atoms with Crippen LogP contribution in [0.3, 0.4) is 0 Å². The van der Waals surface area contributed by atoms with Gasteiger partial charge in [-0.1, -0.05) is 60.7 Å². The Morgan fingerprint density at radius 2 is 0.816 bits per heavy atom. The number of hydrogen-bond acceptors (Lipinski definition) is 8. The molecule has 4 aromatic carbocycles. The Bertz CT molecular complexity index is 1600. The number of rotatable bonds is 9. The summed E-state index contributed by atoms with van der Waals surface area (Å²) >= 11 is 0. The fraction of sp³-hybridized carbons (Fsp3) is 0.0714. The highest BCUT2D eigenvalue weighted by Crippen LogP contribution is 2.27. The normalized spacial score (nSPS) is 12.2. The maximum absolute atomic E-state index is 12.2. The van der Waals surface area contributed by atoms with Crippen LogP contribution in [0.25, 0.3) is 0 Å². The molecule has 2 N–H and O–H groups in total. The highest BCUT2D eigenvalue weighted by molar-refractivity contribution is 7.91. The molecule has 0 amide bonds. The molecular formula is C28H26N4O4S2. The third-order valence-electron chi connectivity index (χ3n) is 5.49. The molecule has 0 aliphatic carbocycles. The molecule has 0 saturated carbocycles. The molecular weight excluding hydrogens is 520 g/mol. The lowest BCUT2D eigenvalue weighted by Gasteiger charge is -2.13. The van der Waals surface area contributed by atoms with E-state index in [4.69, 9.17) is 0 Å². The molecule has 0 aliphatic heterocycles. The van der Waals surface area contributed by atoms with Crippen LogP contribution in [0.2, 0.25) is 0 Å². The first kappa shape index (κ1) is 26.8. The summed E-state index contributed by atoms with van der Waals surface area (Å²) in [4.78, 5) is 0.401. The van der Waals surface area contributed by atoms with Gasteiger partial charge in [0.15, 0.2) is 19.7 Å². The number of nitrogens with one attached hydrogen (secondary N) is 2. The van der Waals surface area contributed by atoms with Gasteiger partial charge in [-0.2, -0.15) is 10.2 Å². The van der Waals surface area contributed by atoms with Crippen LogP contribution >= 0.6 is 0 Å². The van der Waals surface area contributed by atoms with Gasteiger partial charge in [0.05, 0.1) is 33.6 Å². The summed E-state index contributed by atoms with van der Waals surface area (Å²) in [5.41, 5.74) is 3.69. The Balaban J connectivity index is 1.56. The number of nitrogens with zero attached hydrogens (tertiary/aromatic N) is 2. The minimum atomic E-state index is -3.41. The summed E-state index contributed by atoms with van der Waals surface area (Å²) in [6.07, 6.45) is 5.47. The second-order valence-corrected chi connectivity index (χ2v) is 12.4. The molecule has 0 spiro atoms. The van der Waals surface area contributed by atoms with E-state index in [1.807, 2.05) is 48.5 Å². The number of benzene rings is 4. The van der Waals surface area contributed by atoms with Crippen LogP contribution in [0.5, 0.6) is 0 Å². The highest BCUT2D eigenvalue weighted by atomic mass is 32.2. The second kappa shape index (κ2) is 11.4. The highest BCUT2D eigenvalue weighted by Gasteiger charge is 2.14. The Kier molecular flexibility index (Phi) is 8.04. The van der Waals surface area contributed by atoms with E-state index in [0.29, 0.717) is 33.9 Å². The lowest BCUT2D eigenvalue weighted by atomic mass is 10.2. The van der Waals surface area contributed by atoms with Crippen LogP contribution in [-0.4, -0.2) is 41.8 Å². The van der Waals surface area contributed by atoms with Crippen LogP contribution in [-0.2, 0) is 19.7 Å². The van der Waals surface area contributed by atoms with Crippen LogP contribution in [0, 0.1) is 0 Å². The van der Waals surface area contributed by atoms with E-state index in [9.17, 15) is 16.8 Å². The van der Waals surface area contributed by atoms with E-state index in [1.165, 1.54) is 12.5 Å². The Labute approximate surface area is 222 Å². The summed E-state index contributed by atoms with van der Waals surface area (Å²) in [5.74, 6) is 0. The molecule has 4 aromatic rings. The summed E-state index contributed by atoms with van der Waals surface area (Å²) in [7, 11) is -6.83. The van der Waals surface area contributed by atoms with Crippen molar-refractivity contribution in [3.8, 4) is 0 Å². The Hall–Kier alpha value is -4.28. The molecule has 10 heteroatoms. The van der Waals surface area contributed by atoms with Crippen LogP contribution in [0.1, 0.15) is 11.1 Å². The maximum Gasteiger partial charge on any atom is 0.177 e. The zero-order valence-electron chi connectivity index (χ0n) is 20.7. The van der Waals surface area contributed by atoms with Crippen LogP contribution in [0.4, 0.5) is 22.7 Å². The second-order valence-electron chi connectivity index (χ2n) is 8.45. The Morgan fingerprint density at radius 1 is 0.500 bits per heavy atom. The molecule has 194 valence electrons. The summed E-state index contributed by atoms with van der Waals surface area (Å²) < 4.78 is 48.7. The molecule has 0 unspecified atom stereocenters. The molecule has 0 radical (unpaired) electrons. The van der Waals surface area contributed by atoms with Gasteiger partial charge in [-0.15, -0.1) is 0 Å². The van der Waals surface area contributed by atoms with Gasteiger partial charge < -0.3 is 10.6 Å². The number of sulfone groups is 2. The van der Waals surface area contributed by atoms with E-state index >= 15 is 0 Å². The summed E-state index contributed by atoms with van der Waals surface area (Å²) in [6.45, 7) is 0. The fourth-order valence-corrected chi connectivity index (χ4v) is 5.40. The van der Waals surface area contributed by atoms with Gasteiger partial charge in [-0.25, -0.2) is 16.8 Å². The molecule has 0 aromatic heterocycles. The zero-order valence-corrected chi connectivity index (χ0v) is 22.4. The first-order valence-electron chi connectivity index (χ1n) is 11.5. The SMILES string of the molecule is CS(=O)(=O)c1ccccc1Nc1ccccc1C=NN=Cc1ccccc1Nc1ccccc1S(C)(=O)=O. The van der Waals surface area contributed by atoms with Crippen molar-refractivity contribution in [3.05, 3.63) is 108 Å². The number of hydrogen-bond donors (Lipinski definition) is 2.